The zero-order valence-electron chi connectivity index (χ0n) is 39.1. The van der Waals surface area contributed by atoms with Crippen LogP contribution in [0.15, 0.2) is 84.9 Å². The Morgan fingerprint density at radius 1 is 0.368 bits per heavy atom. The van der Waals surface area contributed by atoms with Crippen LogP contribution < -0.4 is 9.47 Å². The Morgan fingerprint density at radius 2 is 0.684 bits per heavy atom. The lowest BCUT2D eigenvalue weighted by Gasteiger charge is -2.37. The lowest BCUT2D eigenvalue weighted by atomic mass is 9.76. The van der Waals surface area contributed by atoms with E-state index in [-0.39, 0.29) is 175 Å². The molecular formula is C54H40O22. The van der Waals surface area contributed by atoms with E-state index >= 15 is 0 Å². The van der Waals surface area contributed by atoms with Crippen molar-refractivity contribution < 1.29 is 108 Å². The average molecular weight is 1040 g/mol. The van der Waals surface area contributed by atoms with Gasteiger partial charge in [-0.1, -0.05) is 6.07 Å². The molecule has 0 bridgehead atoms. The normalized spacial score (nSPS) is 14.2. The molecule has 6 aromatic carbocycles. The summed E-state index contributed by atoms with van der Waals surface area (Å²) in [5, 5.41) is 97.9. The predicted molar refractivity (Wildman–Crippen MR) is 254 cm³/mol. The number of carbonyl (C=O) groups excluding carboxylic acids is 2. The molecule has 22 heteroatoms. The van der Waals surface area contributed by atoms with Crippen molar-refractivity contribution in [3.05, 3.63) is 163 Å². The molecule has 0 saturated heterocycles. The molecule has 0 aromatic heterocycles. The second kappa shape index (κ2) is 19.1. The van der Waals surface area contributed by atoms with Crippen molar-refractivity contribution in [1.29, 1.82) is 0 Å². The summed E-state index contributed by atoms with van der Waals surface area (Å²) in [6, 6.07) is 18.6. The van der Waals surface area contributed by atoms with E-state index < -0.39 is 59.0 Å². The van der Waals surface area contributed by atoms with Gasteiger partial charge in [0, 0.05) is 83.3 Å². The Labute approximate surface area is 426 Å². The molecule has 4 heterocycles. The van der Waals surface area contributed by atoms with Crippen LogP contribution in [0.3, 0.4) is 0 Å². The first-order valence-corrected chi connectivity index (χ1v) is 22.9. The number of carboxylic acid groups (broad SMARTS) is 6. The Morgan fingerprint density at radius 3 is 1.03 bits per heavy atom. The number of benzene rings is 6. The second-order valence-corrected chi connectivity index (χ2v) is 18.0. The average Bonchev–Trinajstić information content (AvgIpc) is 3.98. The third-order valence-corrected chi connectivity index (χ3v) is 13.3. The van der Waals surface area contributed by atoms with Gasteiger partial charge in [-0.25, -0.2) is 19.2 Å². The monoisotopic (exact) mass is 1040 g/mol. The molecule has 22 nitrogen and oxygen atoms in total. The standard InChI is InChI=1S/2C27H20O11/c28-19-10-21-17(8-12(19)2-5-23(30)31)27(16-4-1-14(25(34)35)7-15(16)26(36)38-27)18-9-13(3-6-24(32)33)20(29)11-22(18)37-21;28-19-10-21-17(7-12(19)2-5-23(30)31)27(16-9-14(25(34)35)1-4-15(16)26(36)38-27)18-8-13(3-6-24(32)33)20(29)11-22(18)37-21/h2*1,4,7-11,28-29H,2-3,5-6H2,(H,30,31)(H,32,33)(H,34,35). The van der Waals surface area contributed by atoms with Crippen molar-refractivity contribution in [3.63, 3.8) is 0 Å². The molecule has 10 rings (SSSR count). The van der Waals surface area contributed by atoms with Gasteiger partial charge >= 0.3 is 47.8 Å². The van der Waals surface area contributed by atoms with Gasteiger partial charge in [0.1, 0.15) is 46.0 Å². The highest BCUT2D eigenvalue weighted by atomic mass is 16.6. The Balaban J connectivity index is 0.000000186. The maximum absolute atomic E-state index is 13.2. The van der Waals surface area contributed by atoms with E-state index in [1.807, 2.05) is 0 Å². The van der Waals surface area contributed by atoms with Crippen LogP contribution >= 0.6 is 0 Å². The first kappa shape index (κ1) is 50.8. The van der Waals surface area contributed by atoms with E-state index in [0.29, 0.717) is 0 Å². The number of rotatable bonds is 14. The minimum Gasteiger partial charge on any atom is -0.508 e. The summed E-state index contributed by atoms with van der Waals surface area (Å²) in [7, 11) is 0. The highest BCUT2D eigenvalue weighted by molar-refractivity contribution is 6.01. The molecule has 0 atom stereocenters. The number of aliphatic carboxylic acids is 4. The molecule has 0 aliphatic carbocycles. The van der Waals surface area contributed by atoms with Gasteiger partial charge in [-0.2, -0.15) is 0 Å². The van der Waals surface area contributed by atoms with Crippen molar-refractivity contribution in [2.45, 2.75) is 62.6 Å². The van der Waals surface area contributed by atoms with Crippen LogP contribution in [0.4, 0.5) is 0 Å². The molecule has 0 radical (unpaired) electrons. The number of aromatic hydroxyl groups is 4. The van der Waals surface area contributed by atoms with Crippen molar-refractivity contribution in [2.24, 2.45) is 0 Å². The quantitative estimate of drug-likeness (QED) is 0.0501. The SMILES string of the molecule is O=C(O)CCc1cc2c(cc1O)Oc1cc(O)c(CCC(=O)O)cc1C21OC(=O)c2cc(C(=O)O)ccc21.O=C(O)CCc1cc2c(cc1O)Oc1cc(O)c(CCC(=O)O)cc1C21OC(=O)c2ccc(C(=O)O)cc21. The largest absolute Gasteiger partial charge is 0.508 e. The minimum absolute atomic E-state index is 0.0241. The number of esters is 2. The van der Waals surface area contributed by atoms with E-state index in [0.717, 1.165) is 0 Å². The number of carboxylic acids is 6. The molecule has 2 spiro atoms. The molecular weight excluding hydrogens is 1000 g/mol. The van der Waals surface area contributed by atoms with Gasteiger partial charge in [0.25, 0.3) is 0 Å². The van der Waals surface area contributed by atoms with E-state index in [2.05, 4.69) is 0 Å². The van der Waals surface area contributed by atoms with E-state index in [9.17, 15) is 69.0 Å². The van der Waals surface area contributed by atoms with E-state index in [1.54, 1.807) is 0 Å². The maximum Gasteiger partial charge on any atom is 0.340 e. The topological polar surface area (TPSA) is 376 Å². The maximum atomic E-state index is 13.2. The van der Waals surface area contributed by atoms with Crippen molar-refractivity contribution >= 4 is 47.8 Å². The molecule has 0 unspecified atom stereocenters. The second-order valence-electron chi connectivity index (χ2n) is 18.0. The fourth-order valence-electron chi connectivity index (χ4n) is 9.79. The van der Waals surface area contributed by atoms with Crippen molar-refractivity contribution in [1.82, 2.24) is 0 Å². The van der Waals surface area contributed by atoms with Gasteiger partial charge in [0.2, 0.25) is 0 Å². The van der Waals surface area contributed by atoms with Crippen molar-refractivity contribution in [2.75, 3.05) is 0 Å². The third kappa shape index (κ3) is 8.75. The van der Waals surface area contributed by atoms with Gasteiger partial charge in [0.05, 0.1) is 22.3 Å². The lowest BCUT2D eigenvalue weighted by Crippen LogP contribution is -2.33. The molecule has 388 valence electrons. The fraction of sp³-hybridized carbons (Fsp3) is 0.185. The predicted octanol–water partition coefficient (Wildman–Crippen LogP) is 6.80. The number of phenolic OH excluding ortho intramolecular Hbond substituents is 4. The van der Waals surface area contributed by atoms with Crippen molar-refractivity contribution in [3.8, 4) is 46.0 Å². The smallest absolute Gasteiger partial charge is 0.340 e. The fourth-order valence-corrected chi connectivity index (χ4v) is 9.79. The number of fused-ring (bicyclic) bond motifs is 12. The van der Waals surface area contributed by atoms with Gasteiger partial charge in [-0.05, 0) is 103 Å². The van der Waals surface area contributed by atoms with Crippen LogP contribution in [0.5, 0.6) is 46.0 Å². The molecule has 4 aliphatic rings. The summed E-state index contributed by atoms with van der Waals surface area (Å²) in [4.78, 5) is 94.3. The summed E-state index contributed by atoms with van der Waals surface area (Å²) in [6.07, 6.45) is -1.40. The summed E-state index contributed by atoms with van der Waals surface area (Å²) >= 11 is 0. The van der Waals surface area contributed by atoms with Crippen LogP contribution in [-0.2, 0) is 65.5 Å². The summed E-state index contributed by atoms with van der Waals surface area (Å²) in [5.74, 6) is -9.32. The summed E-state index contributed by atoms with van der Waals surface area (Å²) < 4.78 is 23.9. The Hall–Kier alpha value is -10.1. The van der Waals surface area contributed by atoms with Crippen LogP contribution in [0, 0.1) is 0 Å². The molecule has 10 N–H and O–H groups in total. The highest BCUT2D eigenvalue weighted by Crippen LogP contribution is 2.60. The molecule has 0 amide bonds. The molecule has 0 saturated carbocycles. The van der Waals surface area contributed by atoms with E-state index in [1.165, 1.54) is 84.9 Å². The molecule has 4 aliphatic heterocycles. The number of hydrogen-bond donors (Lipinski definition) is 10. The molecule has 0 fully saturated rings. The number of hydrogen-bond acceptors (Lipinski definition) is 16. The Kier molecular flexibility index (Phi) is 12.7. The van der Waals surface area contributed by atoms with E-state index in [4.69, 9.17) is 39.4 Å². The van der Waals surface area contributed by atoms with Gasteiger partial charge in [0.15, 0.2) is 11.2 Å². The van der Waals surface area contributed by atoms with Crippen LogP contribution in [-0.4, -0.2) is 98.8 Å². The summed E-state index contributed by atoms with van der Waals surface area (Å²) in [6.45, 7) is 0. The zero-order chi connectivity index (χ0) is 54.7. The number of aromatic carboxylic acids is 2. The number of carbonyl (C=O) groups is 8. The zero-order valence-corrected chi connectivity index (χ0v) is 39.1. The highest BCUT2D eigenvalue weighted by Gasteiger charge is 2.56. The third-order valence-electron chi connectivity index (χ3n) is 13.3. The Bertz CT molecular complexity index is 3420. The lowest BCUT2D eigenvalue weighted by molar-refractivity contribution is -0.138. The summed E-state index contributed by atoms with van der Waals surface area (Å²) in [5.41, 5.74) is -1.48. The molecule has 6 aromatic rings. The number of aryl methyl sites for hydroxylation is 4. The van der Waals surface area contributed by atoms with Gasteiger partial charge in [-0.15, -0.1) is 0 Å². The minimum atomic E-state index is -1.79. The van der Waals surface area contributed by atoms with Crippen LogP contribution in [0.25, 0.3) is 0 Å². The first-order chi connectivity index (χ1) is 36.0. The van der Waals surface area contributed by atoms with Gasteiger partial charge in [-0.3, -0.25) is 19.2 Å². The number of ether oxygens (including phenoxy) is 4. The van der Waals surface area contributed by atoms with Gasteiger partial charge < -0.3 is 70.0 Å². The molecule has 76 heavy (non-hydrogen) atoms. The first-order valence-electron chi connectivity index (χ1n) is 22.9. The number of phenols is 4. The van der Waals surface area contributed by atoms with Crippen LogP contribution in [0.2, 0.25) is 0 Å². The van der Waals surface area contributed by atoms with Crippen LogP contribution in [0.1, 0.15) is 123 Å².